The number of benzene rings is 4. The molecule has 4 heteroatoms. The Morgan fingerprint density at radius 1 is 0.784 bits per heavy atom. The van der Waals surface area contributed by atoms with Gasteiger partial charge in [0.1, 0.15) is 23.9 Å². The summed E-state index contributed by atoms with van der Waals surface area (Å²) in [7, 11) is 3.41. The molecule has 5 rings (SSSR count). The van der Waals surface area contributed by atoms with Gasteiger partial charge in [0.25, 0.3) is 0 Å². The van der Waals surface area contributed by atoms with Crippen LogP contribution < -0.4 is 14.2 Å². The third-order valence-electron chi connectivity index (χ3n) is 7.75. The second kappa shape index (κ2) is 10.9. The molecule has 0 atom stereocenters. The highest BCUT2D eigenvalue weighted by Gasteiger charge is 2.31. The van der Waals surface area contributed by atoms with Gasteiger partial charge < -0.3 is 14.2 Å². The number of ether oxygens (including phenoxy) is 3. The summed E-state index contributed by atoms with van der Waals surface area (Å²) >= 11 is 0. The average Bonchev–Trinajstić information content (AvgIpc) is 3.27. The zero-order valence-corrected chi connectivity index (χ0v) is 22.4. The van der Waals surface area contributed by atoms with Crippen LogP contribution in [-0.2, 0) is 6.42 Å². The average molecular weight is 496 g/mol. The van der Waals surface area contributed by atoms with Gasteiger partial charge >= 0.3 is 0 Å². The van der Waals surface area contributed by atoms with Crippen molar-refractivity contribution in [1.29, 1.82) is 0 Å². The smallest absolute Gasteiger partial charge is 0.119 e. The van der Waals surface area contributed by atoms with Crippen LogP contribution in [0.25, 0.3) is 21.9 Å². The van der Waals surface area contributed by atoms with Crippen LogP contribution in [0.15, 0.2) is 78.9 Å². The first kappa shape index (κ1) is 25.2. The van der Waals surface area contributed by atoms with Crippen LogP contribution >= 0.6 is 0 Å². The number of hydrogen-bond donors (Lipinski definition) is 0. The highest BCUT2D eigenvalue weighted by atomic mass is 16.5. The molecule has 1 aliphatic heterocycles. The first-order chi connectivity index (χ1) is 18.0. The molecule has 0 unspecified atom stereocenters. The Morgan fingerprint density at radius 3 is 2.16 bits per heavy atom. The van der Waals surface area contributed by atoms with Crippen molar-refractivity contribution in [3.8, 4) is 28.4 Å². The molecule has 4 aromatic carbocycles. The summed E-state index contributed by atoms with van der Waals surface area (Å²) in [5.74, 6) is 2.66. The fourth-order valence-corrected chi connectivity index (χ4v) is 5.49. The largest absolute Gasteiger partial charge is 0.497 e. The van der Waals surface area contributed by atoms with E-state index >= 15 is 0 Å². The van der Waals surface area contributed by atoms with E-state index in [0.717, 1.165) is 36.8 Å². The van der Waals surface area contributed by atoms with Crippen LogP contribution in [0.1, 0.15) is 37.8 Å². The van der Waals surface area contributed by atoms with E-state index in [-0.39, 0.29) is 5.54 Å². The molecule has 1 aliphatic rings. The Labute approximate surface area is 220 Å². The van der Waals surface area contributed by atoms with Crippen LogP contribution in [0, 0.1) is 0 Å². The molecule has 0 spiro atoms. The Kier molecular flexibility index (Phi) is 7.38. The van der Waals surface area contributed by atoms with Gasteiger partial charge in [-0.3, -0.25) is 4.90 Å². The van der Waals surface area contributed by atoms with Crippen LogP contribution in [0.2, 0.25) is 0 Å². The topological polar surface area (TPSA) is 30.9 Å². The lowest BCUT2D eigenvalue weighted by Crippen LogP contribution is -2.40. The van der Waals surface area contributed by atoms with E-state index in [1.54, 1.807) is 14.2 Å². The summed E-state index contributed by atoms with van der Waals surface area (Å²) in [5, 5.41) is 2.42. The molecule has 192 valence electrons. The molecule has 0 saturated carbocycles. The molecule has 0 N–H and O–H groups in total. The van der Waals surface area contributed by atoms with Crippen molar-refractivity contribution < 1.29 is 14.2 Å². The summed E-state index contributed by atoms with van der Waals surface area (Å²) in [4.78, 5) is 2.54. The first-order valence-electron chi connectivity index (χ1n) is 13.2. The van der Waals surface area contributed by atoms with Gasteiger partial charge in [0.15, 0.2) is 0 Å². The summed E-state index contributed by atoms with van der Waals surface area (Å²) < 4.78 is 17.0. The quantitative estimate of drug-likeness (QED) is 0.243. The van der Waals surface area contributed by atoms with E-state index in [4.69, 9.17) is 14.2 Å². The molecule has 0 aromatic heterocycles. The number of methoxy groups -OCH3 is 2. The molecule has 1 heterocycles. The second-order valence-electron chi connectivity index (χ2n) is 10.5. The van der Waals surface area contributed by atoms with Gasteiger partial charge in [-0.05, 0) is 109 Å². The normalized spacial score (nSPS) is 15.1. The molecule has 37 heavy (non-hydrogen) atoms. The predicted octanol–water partition coefficient (Wildman–Crippen LogP) is 7.37. The molecular weight excluding hydrogens is 458 g/mol. The van der Waals surface area contributed by atoms with Gasteiger partial charge in [0.05, 0.1) is 14.2 Å². The summed E-state index contributed by atoms with van der Waals surface area (Å²) in [6.45, 7) is 7.52. The zero-order chi connectivity index (χ0) is 25.8. The summed E-state index contributed by atoms with van der Waals surface area (Å²) in [6.07, 6.45) is 3.37. The molecule has 0 amide bonds. The Balaban J connectivity index is 1.38. The van der Waals surface area contributed by atoms with Gasteiger partial charge in [0, 0.05) is 12.1 Å². The van der Waals surface area contributed by atoms with Crippen molar-refractivity contribution in [2.75, 3.05) is 33.9 Å². The number of nitrogens with zero attached hydrogens (tertiary/aromatic N) is 1. The maximum Gasteiger partial charge on any atom is 0.119 e. The fourth-order valence-electron chi connectivity index (χ4n) is 5.49. The van der Waals surface area contributed by atoms with Crippen molar-refractivity contribution in [3.63, 3.8) is 0 Å². The van der Waals surface area contributed by atoms with Gasteiger partial charge in [-0.25, -0.2) is 0 Å². The molecule has 0 radical (unpaired) electrons. The summed E-state index contributed by atoms with van der Waals surface area (Å²) in [5.41, 5.74) is 5.26. The lowest BCUT2D eigenvalue weighted by molar-refractivity contribution is 0.143. The molecular formula is C33H37NO3. The maximum absolute atomic E-state index is 6.11. The third-order valence-corrected chi connectivity index (χ3v) is 7.75. The number of rotatable bonds is 9. The van der Waals surface area contributed by atoms with Crippen LogP contribution in [0.4, 0.5) is 0 Å². The minimum Gasteiger partial charge on any atom is -0.497 e. The van der Waals surface area contributed by atoms with Crippen molar-refractivity contribution in [2.24, 2.45) is 0 Å². The first-order valence-corrected chi connectivity index (χ1v) is 13.2. The van der Waals surface area contributed by atoms with E-state index in [9.17, 15) is 0 Å². The van der Waals surface area contributed by atoms with Crippen LogP contribution in [-0.4, -0.2) is 44.4 Å². The van der Waals surface area contributed by atoms with Gasteiger partial charge in [-0.1, -0.05) is 42.5 Å². The van der Waals surface area contributed by atoms with E-state index in [1.165, 1.54) is 52.4 Å². The SMILES string of the molecule is COc1ccc(-c2ccc3cc(OC)ccc3c2Cc2ccc(OCCN3CCCC3(C)C)cc2)cc1. The molecule has 0 aliphatic carbocycles. The van der Waals surface area contributed by atoms with Gasteiger partial charge in [0.2, 0.25) is 0 Å². The number of hydrogen-bond acceptors (Lipinski definition) is 4. The van der Waals surface area contributed by atoms with E-state index in [2.05, 4.69) is 79.4 Å². The third kappa shape index (κ3) is 5.60. The maximum atomic E-state index is 6.11. The van der Waals surface area contributed by atoms with Crippen molar-refractivity contribution in [3.05, 3.63) is 90.0 Å². The predicted molar refractivity (Wildman–Crippen MR) is 152 cm³/mol. The molecule has 1 fully saturated rings. The van der Waals surface area contributed by atoms with Crippen molar-refractivity contribution in [2.45, 2.75) is 38.6 Å². The molecule has 4 nitrogen and oxygen atoms in total. The number of likely N-dealkylation sites (tertiary alicyclic amines) is 1. The monoisotopic (exact) mass is 495 g/mol. The molecule has 1 saturated heterocycles. The number of fused-ring (bicyclic) bond motifs is 1. The lowest BCUT2D eigenvalue weighted by atomic mass is 9.90. The minimum absolute atomic E-state index is 0.289. The lowest BCUT2D eigenvalue weighted by Gasteiger charge is -2.31. The highest BCUT2D eigenvalue weighted by molar-refractivity contribution is 5.93. The van der Waals surface area contributed by atoms with Crippen molar-refractivity contribution >= 4 is 10.8 Å². The fraction of sp³-hybridized carbons (Fsp3) is 0.333. The van der Waals surface area contributed by atoms with E-state index in [1.807, 2.05) is 18.2 Å². The van der Waals surface area contributed by atoms with Gasteiger partial charge in [-0.2, -0.15) is 0 Å². The van der Waals surface area contributed by atoms with Crippen molar-refractivity contribution in [1.82, 2.24) is 4.90 Å². The Hall–Kier alpha value is -3.50. The zero-order valence-electron chi connectivity index (χ0n) is 22.4. The van der Waals surface area contributed by atoms with E-state index in [0.29, 0.717) is 0 Å². The van der Waals surface area contributed by atoms with Gasteiger partial charge in [-0.15, -0.1) is 0 Å². The molecule has 0 bridgehead atoms. The highest BCUT2D eigenvalue weighted by Crippen LogP contribution is 2.35. The standard InChI is InChI=1S/C33H37NO3/c1-33(2)18-5-19-34(33)20-21-37-28-11-6-24(7-12-28)22-32-30(25-8-13-27(35-3)14-9-25)16-10-26-23-29(36-4)15-17-31(26)32/h6-17,23H,5,18-22H2,1-4H3. The van der Waals surface area contributed by atoms with Crippen LogP contribution in [0.3, 0.4) is 0 Å². The van der Waals surface area contributed by atoms with E-state index < -0.39 is 0 Å². The van der Waals surface area contributed by atoms with Crippen LogP contribution in [0.5, 0.6) is 17.2 Å². The Morgan fingerprint density at radius 2 is 1.49 bits per heavy atom. The summed E-state index contributed by atoms with van der Waals surface area (Å²) in [6, 6.07) is 27.6. The second-order valence-corrected chi connectivity index (χ2v) is 10.5. The molecule has 4 aromatic rings. The Bertz CT molecular complexity index is 1340. The minimum atomic E-state index is 0.289.